The number of carbonyl (C=O) groups is 1. The lowest BCUT2D eigenvalue weighted by molar-refractivity contribution is 0.0916. The van der Waals surface area contributed by atoms with Gasteiger partial charge in [0.25, 0.3) is 5.91 Å². The fraction of sp³-hybridized carbons (Fsp3) is 0.733. The van der Waals surface area contributed by atoms with Crippen LogP contribution >= 0.6 is 0 Å². The Kier molecular flexibility index (Phi) is 3.54. The molecule has 5 nitrogen and oxygen atoms in total. The average molecular weight is 277 g/mol. The molecule has 3 rings (SSSR count). The molecule has 1 N–H and O–H groups in total. The zero-order valence-electron chi connectivity index (χ0n) is 12.4. The van der Waals surface area contributed by atoms with Crippen LogP contribution in [0, 0.1) is 11.8 Å². The second-order valence-corrected chi connectivity index (χ2v) is 6.60. The first-order valence-electron chi connectivity index (χ1n) is 7.50. The molecule has 2 heterocycles. The summed E-state index contributed by atoms with van der Waals surface area (Å²) in [5.41, 5.74) is 0.420. The van der Waals surface area contributed by atoms with Crippen molar-refractivity contribution in [2.75, 3.05) is 20.1 Å². The Morgan fingerprint density at radius 2 is 2.20 bits per heavy atom. The number of aromatic nitrogens is 1. The highest BCUT2D eigenvalue weighted by molar-refractivity contribution is 5.92. The minimum Gasteiger partial charge on any atom is -0.360 e. The number of nitrogens with one attached hydrogen (secondary N) is 1. The van der Waals surface area contributed by atoms with E-state index in [0.29, 0.717) is 23.4 Å². The molecule has 1 aromatic rings. The molecule has 2 fully saturated rings. The molecule has 2 atom stereocenters. The van der Waals surface area contributed by atoms with E-state index in [0.717, 1.165) is 31.7 Å². The lowest BCUT2D eigenvalue weighted by Crippen LogP contribution is -2.42. The van der Waals surface area contributed by atoms with Crippen LogP contribution in [0.5, 0.6) is 0 Å². The molecule has 1 aliphatic heterocycles. The van der Waals surface area contributed by atoms with Crippen LogP contribution in [-0.2, 0) is 0 Å². The lowest BCUT2D eigenvalue weighted by Gasteiger charge is -2.22. The first kappa shape index (κ1) is 13.6. The van der Waals surface area contributed by atoms with Gasteiger partial charge in [0.15, 0.2) is 5.69 Å². The van der Waals surface area contributed by atoms with Gasteiger partial charge in [-0.15, -0.1) is 0 Å². The van der Waals surface area contributed by atoms with Gasteiger partial charge >= 0.3 is 0 Å². The van der Waals surface area contributed by atoms with Gasteiger partial charge in [-0.2, -0.15) is 0 Å². The number of likely N-dealkylation sites (N-methyl/N-ethyl adjacent to an activating group) is 1. The van der Waals surface area contributed by atoms with Gasteiger partial charge in [-0.3, -0.25) is 4.79 Å². The third-order valence-electron chi connectivity index (χ3n) is 4.46. The van der Waals surface area contributed by atoms with Crippen molar-refractivity contribution in [3.63, 3.8) is 0 Å². The third kappa shape index (κ3) is 2.73. The minimum absolute atomic E-state index is 0.105. The Morgan fingerprint density at radius 3 is 2.85 bits per heavy atom. The van der Waals surface area contributed by atoms with Gasteiger partial charge in [-0.05, 0) is 31.7 Å². The molecule has 0 bridgehead atoms. The second kappa shape index (κ2) is 5.20. The van der Waals surface area contributed by atoms with Crippen LogP contribution in [0.3, 0.4) is 0 Å². The average Bonchev–Trinajstić information content (AvgIpc) is 2.99. The zero-order valence-corrected chi connectivity index (χ0v) is 12.4. The Morgan fingerprint density at radius 1 is 1.45 bits per heavy atom. The number of rotatable bonds is 4. The zero-order chi connectivity index (χ0) is 14.3. The highest BCUT2D eigenvalue weighted by atomic mass is 16.5. The quantitative estimate of drug-likeness (QED) is 0.912. The van der Waals surface area contributed by atoms with Gasteiger partial charge in [0.05, 0.1) is 0 Å². The van der Waals surface area contributed by atoms with E-state index in [1.165, 1.54) is 0 Å². The summed E-state index contributed by atoms with van der Waals surface area (Å²) in [5.74, 6) is 2.30. The molecule has 110 valence electrons. The predicted octanol–water partition coefficient (Wildman–Crippen LogP) is 1.87. The summed E-state index contributed by atoms with van der Waals surface area (Å²) in [5, 5.41) is 7.03. The van der Waals surface area contributed by atoms with Gasteiger partial charge in [0.1, 0.15) is 5.76 Å². The fourth-order valence-corrected chi connectivity index (χ4v) is 3.06. The molecule has 1 aliphatic carbocycles. The summed E-state index contributed by atoms with van der Waals surface area (Å²) in [7, 11) is 2.10. The Bertz CT molecular complexity index is 493. The Hall–Kier alpha value is -1.36. The Balaban J connectivity index is 1.65. The standard InChI is InChI=1S/C15H23N3O2/c1-9(2)11-7-18(3)8-13(11)16-15(19)12-6-14(20-17-12)10-4-5-10/h6,9-11,13H,4-5,7-8H2,1-3H3,(H,16,19)/t11-,13-/m1/s1. The number of nitrogens with zero attached hydrogens (tertiary/aromatic N) is 2. The molecule has 0 unspecified atom stereocenters. The van der Waals surface area contributed by atoms with Gasteiger partial charge in [0, 0.05) is 31.1 Å². The summed E-state index contributed by atoms with van der Waals surface area (Å²) in [4.78, 5) is 14.6. The van der Waals surface area contributed by atoms with Crippen molar-refractivity contribution in [3.05, 3.63) is 17.5 Å². The Labute approximate surface area is 119 Å². The minimum atomic E-state index is -0.105. The van der Waals surface area contributed by atoms with Gasteiger partial charge < -0.3 is 14.7 Å². The molecule has 1 aromatic heterocycles. The third-order valence-corrected chi connectivity index (χ3v) is 4.46. The van der Waals surface area contributed by atoms with Crippen molar-refractivity contribution in [1.82, 2.24) is 15.4 Å². The van der Waals surface area contributed by atoms with Crippen molar-refractivity contribution >= 4 is 5.91 Å². The summed E-state index contributed by atoms with van der Waals surface area (Å²) >= 11 is 0. The maximum atomic E-state index is 12.3. The first-order chi connectivity index (χ1) is 9.54. The van der Waals surface area contributed by atoms with Crippen LogP contribution in [0.25, 0.3) is 0 Å². The van der Waals surface area contributed by atoms with Gasteiger partial charge in [-0.1, -0.05) is 19.0 Å². The number of hydrogen-bond acceptors (Lipinski definition) is 4. The number of amides is 1. The van der Waals surface area contributed by atoms with Crippen LogP contribution < -0.4 is 5.32 Å². The molecule has 0 aromatic carbocycles. The topological polar surface area (TPSA) is 58.4 Å². The van der Waals surface area contributed by atoms with E-state index < -0.39 is 0 Å². The lowest BCUT2D eigenvalue weighted by atomic mass is 9.91. The van der Waals surface area contributed by atoms with Gasteiger partial charge in [0.2, 0.25) is 0 Å². The maximum absolute atomic E-state index is 12.3. The number of carbonyl (C=O) groups excluding carboxylic acids is 1. The number of hydrogen-bond donors (Lipinski definition) is 1. The summed E-state index contributed by atoms with van der Waals surface area (Å²) in [6.07, 6.45) is 2.30. The summed E-state index contributed by atoms with van der Waals surface area (Å²) in [6, 6.07) is 2.00. The molecule has 1 saturated heterocycles. The van der Waals surface area contributed by atoms with Crippen molar-refractivity contribution in [3.8, 4) is 0 Å². The highest BCUT2D eigenvalue weighted by Gasteiger charge is 2.35. The molecule has 1 saturated carbocycles. The SMILES string of the molecule is CC(C)[C@H]1CN(C)C[C@H]1NC(=O)c1cc(C2CC2)on1. The monoisotopic (exact) mass is 277 g/mol. The van der Waals surface area contributed by atoms with Crippen molar-refractivity contribution in [2.45, 2.75) is 38.6 Å². The van der Waals surface area contributed by atoms with E-state index in [9.17, 15) is 4.79 Å². The van der Waals surface area contributed by atoms with Crippen LogP contribution in [-0.4, -0.2) is 42.1 Å². The highest BCUT2D eigenvalue weighted by Crippen LogP contribution is 2.40. The van der Waals surface area contributed by atoms with E-state index in [2.05, 4.69) is 36.3 Å². The maximum Gasteiger partial charge on any atom is 0.273 e. The molecule has 0 radical (unpaired) electrons. The van der Waals surface area contributed by atoms with Crippen LogP contribution in [0.15, 0.2) is 10.6 Å². The molecular weight excluding hydrogens is 254 g/mol. The normalized spacial score (nSPS) is 27.2. The van der Waals surface area contributed by atoms with E-state index >= 15 is 0 Å². The van der Waals surface area contributed by atoms with E-state index in [1.807, 2.05) is 0 Å². The van der Waals surface area contributed by atoms with Crippen LogP contribution in [0.1, 0.15) is 48.9 Å². The van der Waals surface area contributed by atoms with Crippen LogP contribution in [0.4, 0.5) is 0 Å². The van der Waals surface area contributed by atoms with E-state index in [-0.39, 0.29) is 11.9 Å². The summed E-state index contributed by atoms with van der Waals surface area (Å²) < 4.78 is 5.25. The smallest absolute Gasteiger partial charge is 0.273 e. The van der Waals surface area contributed by atoms with Crippen molar-refractivity contribution in [1.29, 1.82) is 0 Å². The van der Waals surface area contributed by atoms with Gasteiger partial charge in [-0.25, -0.2) is 0 Å². The molecule has 0 spiro atoms. The van der Waals surface area contributed by atoms with Crippen molar-refractivity contribution < 1.29 is 9.32 Å². The molecular formula is C15H23N3O2. The second-order valence-electron chi connectivity index (χ2n) is 6.60. The molecule has 20 heavy (non-hydrogen) atoms. The van der Waals surface area contributed by atoms with Crippen LogP contribution in [0.2, 0.25) is 0 Å². The van der Waals surface area contributed by atoms with E-state index in [1.54, 1.807) is 6.07 Å². The molecule has 5 heteroatoms. The molecule has 1 amide bonds. The fourth-order valence-electron chi connectivity index (χ4n) is 3.06. The largest absolute Gasteiger partial charge is 0.360 e. The number of likely N-dealkylation sites (tertiary alicyclic amines) is 1. The predicted molar refractivity (Wildman–Crippen MR) is 75.6 cm³/mol. The van der Waals surface area contributed by atoms with E-state index in [4.69, 9.17) is 4.52 Å². The summed E-state index contributed by atoms with van der Waals surface area (Å²) in [6.45, 7) is 6.37. The van der Waals surface area contributed by atoms with Crippen molar-refractivity contribution in [2.24, 2.45) is 11.8 Å². The molecule has 2 aliphatic rings. The first-order valence-corrected chi connectivity index (χ1v) is 7.50.